The Balaban J connectivity index is 2.39. The summed E-state index contributed by atoms with van der Waals surface area (Å²) in [5.41, 5.74) is 1.48. The molecule has 0 aliphatic heterocycles. The Bertz CT molecular complexity index is 678. The summed E-state index contributed by atoms with van der Waals surface area (Å²) in [5.74, 6) is 1.24. The average molecular weight is 318 g/mol. The molecule has 0 bridgehead atoms. The number of hydrogen-bond acceptors (Lipinski definition) is 4. The molecule has 0 amide bonds. The molecule has 0 spiro atoms. The van der Waals surface area contributed by atoms with Crippen LogP contribution in [0.15, 0.2) is 30.9 Å². The van der Waals surface area contributed by atoms with Gasteiger partial charge in [0.1, 0.15) is 11.6 Å². The van der Waals surface area contributed by atoms with Crippen LogP contribution in [0.3, 0.4) is 0 Å². The molecule has 2 aromatic rings. The molecule has 0 radical (unpaired) electrons. The first-order valence-corrected chi connectivity index (χ1v) is 7.54. The molecule has 4 nitrogen and oxygen atoms in total. The van der Waals surface area contributed by atoms with Crippen LogP contribution < -0.4 is 0 Å². The highest BCUT2D eigenvalue weighted by Crippen LogP contribution is 2.36. The van der Waals surface area contributed by atoms with Crippen LogP contribution in [0.25, 0.3) is 11.4 Å². The summed E-state index contributed by atoms with van der Waals surface area (Å²) in [6.07, 6.45) is 3.71. The lowest BCUT2D eigenvalue weighted by Crippen LogP contribution is -2.16. The Labute approximate surface area is 135 Å². The Morgan fingerprint density at radius 1 is 1.27 bits per heavy atom. The quantitative estimate of drug-likeness (QED) is 0.828. The lowest BCUT2D eigenvalue weighted by molar-refractivity contribution is 0.422. The van der Waals surface area contributed by atoms with Crippen LogP contribution in [0.1, 0.15) is 38.1 Å². The maximum atomic E-state index is 10.4. The Morgan fingerprint density at radius 3 is 2.59 bits per heavy atom. The standard InChI is InChI=1S/C17H20ClN3O/c1-5-6-9-17(3,4)13-8-7-12(10-14(13)22)15-19-11(2)20-16(18)21-15/h5,7-8,10,22H,1,6,9H2,2-4H3. The minimum Gasteiger partial charge on any atom is -0.508 e. The zero-order valence-corrected chi connectivity index (χ0v) is 13.9. The van der Waals surface area contributed by atoms with E-state index in [4.69, 9.17) is 11.6 Å². The monoisotopic (exact) mass is 317 g/mol. The SMILES string of the molecule is C=CCCC(C)(C)c1ccc(-c2nc(C)nc(Cl)n2)cc1O. The highest BCUT2D eigenvalue weighted by Gasteiger charge is 2.23. The Morgan fingerprint density at radius 2 is 2.00 bits per heavy atom. The maximum Gasteiger partial charge on any atom is 0.226 e. The van der Waals surface area contributed by atoms with Crippen LogP contribution in [0.2, 0.25) is 5.28 Å². The maximum absolute atomic E-state index is 10.4. The summed E-state index contributed by atoms with van der Waals surface area (Å²) < 4.78 is 0. The van der Waals surface area contributed by atoms with Crippen molar-refractivity contribution in [2.45, 2.75) is 39.0 Å². The van der Waals surface area contributed by atoms with Crippen molar-refractivity contribution in [2.24, 2.45) is 0 Å². The molecule has 116 valence electrons. The fraction of sp³-hybridized carbons (Fsp3) is 0.353. The number of phenols is 1. The van der Waals surface area contributed by atoms with Crippen molar-refractivity contribution in [1.29, 1.82) is 0 Å². The molecule has 0 unspecified atom stereocenters. The Hall–Kier alpha value is -1.94. The summed E-state index contributed by atoms with van der Waals surface area (Å²) in [4.78, 5) is 12.3. The number of benzene rings is 1. The van der Waals surface area contributed by atoms with Gasteiger partial charge in [0.05, 0.1) is 0 Å². The summed E-state index contributed by atoms with van der Waals surface area (Å²) in [6, 6.07) is 5.49. The van der Waals surface area contributed by atoms with Crippen LogP contribution in [0.4, 0.5) is 0 Å². The molecule has 0 saturated carbocycles. The van der Waals surface area contributed by atoms with Crippen LogP contribution in [0, 0.1) is 6.92 Å². The third-order valence-corrected chi connectivity index (χ3v) is 3.85. The number of nitrogens with zero attached hydrogens (tertiary/aromatic N) is 3. The summed E-state index contributed by atoms with van der Waals surface area (Å²) in [6.45, 7) is 9.72. The molecule has 0 aliphatic rings. The lowest BCUT2D eigenvalue weighted by atomic mass is 9.79. The molecular weight excluding hydrogens is 298 g/mol. The summed E-state index contributed by atoms with van der Waals surface area (Å²) in [7, 11) is 0. The fourth-order valence-corrected chi connectivity index (χ4v) is 2.62. The largest absolute Gasteiger partial charge is 0.508 e. The van der Waals surface area contributed by atoms with Crippen LogP contribution >= 0.6 is 11.6 Å². The van der Waals surface area contributed by atoms with Crippen molar-refractivity contribution in [1.82, 2.24) is 15.0 Å². The highest BCUT2D eigenvalue weighted by atomic mass is 35.5. The van der Waals surface area contributed by atoms with Crippen LogP contribution in [-0.4, -0.2) is 20.1 Å². The second kappa shape index (κ2) is 6.44. The van der Waals surface area contributed by atoms with Crippen LogP contribution in [0.5, 0.6) is 5.75 Å². The van der Waals surface area contributed by atoms with E-state index >= 15 is 0 Å². The van der Waals surface area contributed by atoms with E-state index in [0.717, 1.165) is 18.4 Å². The van der Waals surface area contributed by atoms with E-state index in [9.17, 15) is 5.11 Å². The number of aromatic nitrogens is 3. The van der Waals surface area contributed by atoms with Gasteiger partial charge in [0.25, 0.3) is 0 Å². The van der Waals surface area contributed by atoms with Gasteiger partial charge in [-0.25, -0.2) is 9.97 Å². The number of aromatic hydroxyl groups is 1. The Kier molecular flexibility index (Phi) is 4.81. The van der Waals surface area contributed by atoms with Crippen LogP contribution in [-0.2, 0) is 5.41 Å². The average Bonchev–Trinajstić information content (AvgIpc) is 2.43. The number of phenolic OH excluding ortho intramolecular Hbond substituents is 1. The topological polar surface area (TPSA) is 58.9 Å². The number of rotatable bonds is 5. The number of aryl methyl sites for hydroxylation is 1. The number of halogens is 1. The zero-order valence-electron chi connectivity index (χ0n) is 13.1. The predicted molar refractivity (Wildman–Crippen MR) is 89.1 cm³/mol. The van der Waals surface area contributed by atoms with Gasteiger partial charge in [0.15, 0.2) is 5.82 Å². The van der Waals surface area contributed by atoms with Gasteiger partial charge >= 0.3 is 0 Å². The third-order valence-electron chi connectivity index (χ3n) is 3.68. The third kappa shape index (κ3) is 3.63. The summed E-state index contributed by atoms with van der Waals surface area (Å²) in [5, 5.41) is 10.5. The smallest absolute Gasteiger partial charge is 0.226 e. The van der Waals surface area contributed by atoms with Crippen molar-refractivity contribution < 1.29 is 5.11 Å². The fourth-order valence-electron chi connectivity index (χ4n) is 2.42. The number of allylic oxidation sites excluding steroid dienone is 1. The van der Waals surface area contributed by atoms with Gasteiger partial charge in [-0.15, -0.1) is 6.58 Å². The van der Waals surface area contributed by atoms with E-state index in [-0.39, 0.29) is 16.4 Å². The van der Waals surface area contributed by atoms with Gasteiger partial charge in [0, 0.05) is 5.56 Å². The zero-order chi connectivity index (χ0) is 16.3. The molecule has 1 aromatic carbocycles. The molecule has 2 rings (SSSR count). The lowest BCUT2D eigenvalue weighted by Gasteiger charge is -2.26. The van der Waals surface area contributed by atoms with E-state index in [1.165, 1.54) is 0 Å². The second-order valence-electron chi connectivity index (χ2n) is 5.92. The predicted octanol–water partition coefficient (Wildman–Crippen LogP) is 4.45. The van der Waals surface area contributed by atoms with Gasteiger partial charge in [-0.3, -0.25) is 0 Å². The van der Waals surface area contributed by atoms with Gasteiger partial charge in [-0.1, -0.05) is 32.1 Å². The minimum absolute atomic E-state index is 0.135. The first kappa shape index (κ1) is 16.4. The minimum atomic E-state index is -0.135. The molecule has 5 heteroatoms. The highest BCUT2D eigenvalue weighted by molar-refractivity contribution is 6.28. The first-order valence-electron chi connectivity index (χ1n) is 7.16. The van der Waals surface area contributed by atoms with Crippen molar-refractivity contribution in [2.75, 3.05) is 0 Å². The normalized spacial score (nSPS) is 11.5. The van der Waals surface area contributed by atoms with Crippen molar-refractivity contribution in [3.05, 3.63) is 47.5 Å². The molecule has 0 saturated heterocycles. The van der Waals surface area contributed by atoms with Crippen molar-refractivity contribution >= 4 is 11.6 Å². The molecular formula is C17H20ClN3O. The molecule has 1 heterocycles. The first-order chi connectivity index (χ1) is 10.3. The second-order valence-corrected chi connectivity index (χ2v) is 6.26. The van der Waals surface area contributed by atoms with Crippen molar-refractivity contribution in [3.8, 4) is 17.1 Å². The van der Waals surface area contributed by atoms with E-state index in [2.05, 4.69) is 35.4 Å². The molecule has 1 N–H and O–H groups in total. The van der Waals surface area contributed by atoms with Gasteiger partial charge in [-0.2, -0.15) is 4.98 Å². The molecule has 0 fully saturated rings. The van der Waals surface area contributed by atoms with E-state index in [1.54, 1.807) is 13.0 Å². The van der Waals surface area contributed by atoms with Gasteiger partial charge in [-0.05, 0) is 48.4 Å². The van der Waals surface area contributed by atoms with Gasteiger partial charge < -0.3 is 5.11 Å². The van der Waals surface area contributed by atoms with E-state index in [1.807, 2.05) is 18.2 Å². The molecule has 0 aliphatic carbocycles. The molecule has 0 atom stereocenters. The number of hydrogen-bond donors (Lipinski definition) is 1. The molecule has 1 aromatic heterocycles. The van der Waals surface area contributed by atoms with E-state index in [0.29, 0.717) is 17.2 Å². The van der Waals surface area contributed by atoms with Crippen molar-refractivity contribution in [3.63, 3.8) is 0 Å². The molecule has 22 heavy (non-hydrogen) atoms. The van der Waals surface area contributed by atoms with Gasteiger partial charge in [0.2, 0.25) is 5.28 Å². The summed E-state index contributed by atoms with van der Waals surface area (Å²) >= 11 is 5.87. The van der Waals surface area contributed by atoms with E-state index < -0.39 is 0 Å².